The molecule has 0 unspecified atom stereocenters. The molecule has 5 nitrogen and oxygen atoms in total. The third-order valence-corrected chi connectivity index (χ3v) is 5.03. The van der Waals surface area contributed by atoms with Crippen molar-refractivity contribution in [3.05, 3.63) is 59.5 Å². The van der Waals surface area contributed by atoms with E-state index >= 15 is 0 Å². The Morgan fingerprint density at radius 2 is 2.00 bits per heavy atom. The Hall–Kier alpha value is -2.63. The molecule has 2 N–H and O–H groups in total. The topological polar surface area (TPSA) is 52.6 Å². The van der Waals surface area contributed by atoms with Gasteiger partial charge in [-0.05, 0) is 55.0 Å². The molecule has 1 saturated heterocycles. The van der Waals surface area contributed by atoms with Crippen LogP contribution >= 0.6 is 0 Å². The number of pyridine rings is 1. The van der Waals surface area contributed by atoms with Crippen LogP contribution in [0.15, 0.2) is 47.6 Å². The minimum atomic E-state index is -0.226. The molecule has 3 rings (SSSR count). The average molecular weight is 384 g/mol. The second kappa shape index (κ2) is 10.1. The highest BCUT2D eigenvalue weighted by molar-refractivity contribution is 5.79. The molecular weight excluding hydrogens is 353 g/mol. The van der Waals surface area contributed by atoms with Crippen LogP contribution in [0.3, 0.4) is 0 Å². The summed E-state index contributed by atoms with van der Waals surface area (Å²) in [5.74, 6) is 2.35. The van der Waals surface area contributed by atoms with Gasteiger partial charge in [0.2, 0.25) is 0 Å². The maximum atomic E-state index is 13.3. The zero-order valence-electron chi connectivity index (χ0n) is 16.8. The van der Waals surface area contributed by atoms with Crippen molar-refractivity contribution in [3.8, 4) is 0 Å². The molecule has 0 spiro atoms. The Bertz CT molecular complexity index is 767. The first-order valence-corrected chi connectivity index (χ1v) is 10.1. The molecule has 0 amide bonds. The predicted molar refractivity (Wildman–Crippen MR) is 113 cm³/mol. The van der Waals surface area contributed by atoms with E-state index in [4.69, 9.17) is 0 Å². The van der Waals surface area contributed by atoms with Gasteiger partial charge >= 0.3 is 0 Å². The van der Waals surface area contributed by atoms with E-state index in [1.54, 1.807) is 6.07 Å². The van der Waals surface area contributed by atoms with Crippen molar-refractivity contribution >= 4 is 11.8 Å². The lowest BCUT2D eigenvalue weighted by Gasteiger charge is -2.31. The molecule has 1 aromatic carbocycles. The lowest BCUT2D eigenvalue weighted by Crippen LogP contribution is -2.36. The van der Waals surface area contributed by atoms with Crippen molar-refractivity contribution in [1.82, 2.24) is 15.6 Å². The van der Waals surface area contributed by atoms with Crippen LogP contribution in [0.5, 0.6) is 0 Å². The number of piperidine rings is 1. The van der Waals surface area contributed by atoms with Crippen molar-refractivity contribution in [2.45, 2.75) is 39.8 Å². The Labute approximate surface area is 167 Å². The van der Waals surface area contributed by atoms with Crippen LogP contribution in [0.2, 0.25) is 0 Å². The van der Waals surface area contributed by atoms with E-state index < -0.39 is 0 Å². The Kier molecular flexibility index (Phi) is 7.23. The summed E-state index contributed by atoms with van der Waals surface area (Å²) in [6.45, 7) is 8.34. The van der Waals surface area contributed by atoms with Crippen LogP contribution in [0.25, 0.3) is 0 Å². The molecule has 0 radical (unpaired) electrons. The number of hydrogen-bond donors (Lipinski definition) is 2. The third-order valence-electron chi connectivity index (χ3n) is 5.03. The van der Waals surface area contributed by atoms with Crippen LogP contribution in [0.4, 0.5) is 10.2 Å². The highest BCUT2D eigenvalue weighted by Gasteiger charge is 2.16. The summed E-state index contributed by atoms with van der Waals surface area (Å²) in [5.41, 5.74) is 1.95. The lowest BCUT2D eigenvalue weighted by molar-refractivity contribution is 0.436. The summed E-state index contributed by atoms with van der Waals surface area (Å²) in [5, 5.41) is 6.47. The number of rotatable bonds is 6. The molecular formula is C22H30FN5. The third kappa shape index (κ3) is 5.94. The number of nitrogens with one attached hydrogen (secondary N) is 2. The standard InChI is InChI=1S/C22H30FN5/c1-3-24-22(26-14-18-5-4-6-20(23)13-18)27-16-19-7-8-21(25-15-19)28-11-9-17(2)10-12-28/h4-8,13,15,17H,3,9-12,14,16H2,1-2H3,(H2,24,26,27). The lowest BCUT2D eigenvalue weighted by atomic mass is 9.99. The number of nitrogens with zero attached hydrogens (tertiary/aromatic N) is 3. The quantitative estimate of drug-likeness (QED) is 0.590. The van der Waals surface area contributed by atoms with Crippen LogP contribution in [-0.2, 0) is 13.1 Å². The molecule has 1 fully saturated rings. The largest absolute Gasteiger partial charge is 0.357 e. The smallest absolute Gasteiger partial charge is 0.191 e. The van der Waals surface area contributed by atoms with E-state index in [1.807, 2.05) is 19.2 Å². The zero-order valence-corrected chi connectivity index (χ0v) is 16.8. The van der Waals surface area contributed by atoms with Gasteiger partial charge in [-0.3, -0.25) is 0 Å². The monoisotopic (exact) mass is 383 g/mol. The van der Waals surface area contributed by atoms with Gasteiger partial charge in [0.15, 0.2) is 5.96 Å². The number of aromatic nitrogens is 1. The average Bonchev–Trinajstić information content (AvgIpc) is 2.71. The minimum Gasteiger partial charge on any atom is -0.357 e. The van der Waals surface area contributed by atoms with Crippen LogP contribution < -0.4 is 15.5 Å². The van der Waals surface area contributed by atoms with E-state index in [0.29, 0.717) is 19.0 Å². The van der Waals surface area contributed by atoms with Gasteiger partial charge in [0, 0.05) is 32.4 Å². The molecule has 0 atom stereocenters. The molecule has 2 heterocycles. The number of guanidine groups is 1. The maximum Gasteiger partial charge on any atom is 0.191 e. The summed E-state index contributed by atoms with van der Waals surface area (Å²) in [6, 6.07) is 10.8. The number of hydrogen-bond acceptors (Lipinski definition) is 3. The van der Waals surface area contributed by atoms with Gasteiger partial charge in [0.1, 0.15) is 11.6 Å². The summed E-state index contributed by atoms with van der Waals surface area (Å²) in [6.07, 6.45) is 4.38. The zero-order chi connectivity index (χ0) is 19.8. The van der Waals surface area contributed by atoms with Gasteiger partial charge in [0.25, 0.3) is 0 Å². The molecule has 1 aromatic heterocycles. The molecule has 2 aromatic rings. The van der Waals surface area contributed by atoms with Crippen LogP contribution in [-0.4, -0.2) is 30.6 Å². The van der Waals surface area contributed by atoms with Crippen molar-refractivity contribution < 1.29 is 4.39 Å². The second-order valence-electron chi connectivity index (χ2n) is 7.37. The molecule has 150 valence electrons. The van der Waals surface area contributed by atoms with Gasteiger partial charge < -0.3 is 15.5 Å². The van der Waals surface area contributed by atoms with Crippen molar-refractivity contribution in [3.63, 3.8) is 0 Å². The summed E-state index contributed by atoms with van der Waals surface area (Å²) in [7, 11) is 0. The Balaban J connectivity index is 1.56. The van der Waals surface area contributed by atoms with Crippen molar-refractivity contribution in [1.29, 1.82) is 0 Å². The van der Waals surface area contributed by atoms with Crippen molar-refractivity contribution in [2.24, 2.45) is 10.9 Å². The Morgan fingerprint density at radius 1 is 1.18 bits per heavy atom. The molecule has 6 heteroatoms. The fourth-order valence-corrected chi connectivity index (χ4v) is 3.28. The predicted octanol–water partition coefficient (Wildman–Crippen LogP) is 3.71. The van der Waals surface area contributed by atoms with Gasteiger partial charge in [-0.2, -0.15) is 0 Å². The molecule has 0 aliphatic carbocycles. The van der Waals surface area contributed by atoms with E-state index in [9.17, 15) is 4.39 Å². The highest BCUT2D eigenvalue weighted by atomic mass is 19.1. The summed E-state index contributed by atoms with van der Waals surface area (Å²) < 4.78 is 13.3. The SMILES string of the molecule is CCNC(=NCc1ccc(N2CCC(C)CC2)nc1)NCc1cccc(F)c1. The molecule has 0 bridgehead atoms. The molecule has 0 saturated carbocycles. The maximum absolute atomic E-state index is 13.3. The number of halogens is 1. The number of benzene rings is 1. The van der Waals surface area contributed by atoms with Gasteiger partial charge in [-0.1, -0.05) is 25.1 Å². The molecule has 28 heavy (non-hydrogen) atoms. The number of anilines is 1. The van der Waals surface area contributed by atoms with Crippen molar-refractivity contribution in [2.75, 3.05) is 24.5 Å². The normalized spacial score (nSPS) is 15.5. The second-order valence-corrected chi connectivity index (χ2v) is 7.37. The van der Waals surface area contributed by atoms with E-state index in [0.717, 1.165) is 42.5 Å². The molecule has 1 aliphatic rings. The minimum absolute atomic E-state index is 0.226. The van der Waals surface area contributed by atoms with Gasteiger partial charge in [-0.25, -0.2) is 14.4 Å². The molecule has 1 aliphatic heterocycles. The van der Waals surface area contributed by atoms with Gasteiger partial charge in [-0.15, -0.1) is 0 Å². The number of aliphatic imine (C=N–C) groups is 1. The van der Waals surface area contributed by atoms with E-state index in [-0.39, 0.29) is 5.82 Å². The first-order valence-electron chi connectivity index (χ1n) is 10.1. The first-order chi connectivity index (χ1) is 13.6. The summed E-state index contributed by atoms with van der Waals surface area (Å²) >= 11 is 0. The fourth-order valence-electron chi connectivity index (χ4n) is 3.28. The fraction of sp³-hybridized carbons (Fsp3) is 0.455. The van der Waals surface area contributed by atoms with E-state index in [1.165, 1.54) is 25.0 Å². The highest BCUT2D eigenvalue weighted by Crippen LogP contribution is 2.21. The summed E-state index contributed by atoms with van der Waals surface area (Å²) in [4.78, 5) is 11.6. The van der Waals surface area contributed by atoms with E-state index in [2.05, 4.69) is 44.6 Å². The first kappa shape index (κ1) is 20.1. The van der Waals surface area contributed by atoms with Gasteiger partial charge in [0.05, 0.1) is 6.54 Å². The van der Waals surface area contributed by atoms with Crippen LogP contribution in [0, 0.1) is 11.7 Å². The Morgan fingerprint density at radius 3 is 2.68 bits per heavy atom. The van der Waals surface area contributed by atoms with Crippen LogP contribution in [0.1, 0.15) is 37.8 Å².